The first kappa shape index (κ1) is 17.8. The maximum absolute atomic E-state index is 12.4. The zero-order chi connectivity index (χ0) is 15.8. The summed E-state index contributed by atoms with van der Waals surface area (Å²) in [7, 11) is 0. The van der Waals surface area contributed by atoms with Gasteiger partial charge < -0.3 is 20.4 Å². The summed E-state index contributed by atoms with van der Waals surface area (Å²) >= 11 is 0. The Kier molecular flexibility index (Phi) is 7.50. The summed E-state index contributed by atoms with van der Waals surface area (Å²) in [5.74, 6) is -1.34. The van der Waals surface area contributed by atoms with Crippen LogP contribution in [-0.4, -0.2) is 52.3 Å². The highest BCUT2D eigenvalue weighted by molar-refractivity contribution is 5.77. The second-order valence-electron chi connectivity index (χ2n) is 5.67. The van der Waals surface area contributed by atoms with Crippen LogP contribution in [0.25, 0.3) is 0 Å². The first-order valence-corrected chi connectivity index (χ1v) is 7.95. The third-order valence-electron chi connectivity index (χ3n) is 4.38. The molecule has 0 aromatic heterocycles. The van der Waals surface area contributed by atoms with Crippen molar-refractivity contribution >= 4 is 12.0 Å². The molecule has 0 spiro atoms. The number of aliphatic hydroxyl groups excluding tert-OH is 1. The van der Waals surface area contributed by atoms with Crippen molar-refractivity contribution in [1.29, 1.82) is 0 Å². The summed E-state index contributed by atoms with van der Waals surface area (Å²) in [6.45, 7) is 4.21. The summed E-state index contributed by atoms with van der Waals surface area (Å²) in [5.41, 5.74) is 0. The molecule has 0 bridgehead atoms. The average molecular weight is 300 g/mol. The van der Waals surface area contributed by atoms with E-state index in [0.717, 1.165) is 25.7 Å². The number of carboxylic acids is 1. The molecule has 6 nitrogen and oxygen atoms in total. The first-order valence-electron chi connectivity index (χ1n) is 7.95. The topological polar surface area (TPSA) is 89.9 Å². The Hall–Kier alpha value is -1.30. The molecule has 0 radical (unpaired) electrons. The lowest BCUT2D eigenvalue weighted by Crippen LogP contribution is -2.53. The van der Waals surface area contributed by atoms with Crippen LogP contribution in [0.4, 0.5) is 4.79 Å². The fraction of sp³-hybridized carbons (Fsp3) is 0.867. The molecule has 3 N–H and O–H groups in total. The van der Waals surface area contributed by atoms with Crippen LogP contribution in [0.5, 0.6) is 0 Å². The van der Waals surface area contributed by atoms with Crippen LogP contribution < -0.4 is 5.32 Å². The Morgan fingerprint density at radius 1 is 1.24 bits per heavy atom. The summed E-state index contributed by atoms with van der Waals surface area (Å²) < 4.78 is 0. The Morgan fingerprint density at radius 3 is 2.38 bits per heavy atom. The van der Waals surface area contributed by atoms with E-state index in [1.165, 1.54) is 0 Å². The van der Waals surface area contributed by atoms with Crippen LogP contribution in [0.3, 0.4) is 0 Å². The van der Waals surface area contributed by atoms with Gasteiger partial charge in [-0.05, 0) is 25.7 Å². The predicted octanol–water partition coefficient (Wildman–Crippen LogP) is 1.82. The molecule has 0 aromatic rings. The number of carbonyl (C=O) groups is 2. The van der Waals surface area contributed by atoms with Crippen molar-refractivity contribution in [3.63, 3.8) is 0 Å². The van der Waals surface area contributed by atoms with E-state index >= 15 is 0 Å². The third kappa shape index (κ3) is 4.88. The molecule has 21 heavy (non-hydrogen) atoms. The van der Waals surface area contributed by atoms with Crippen LogP contribution in [0.2, 0.25) is 0 Å². The largest absolute Gasteiger partial charge is 0.481 e. The third-order valence-corrected chi connectivity index (χ3v) is 4.38. The van der Waals surface area contributed by atoms with Gasteiger partial charge in [-0.1, -0.05) is 26.7 Å². The minimum atomic E-state index is -0.837. The maximum atomic E-state index is 12.4. The van der Waals surface area contributed by atoms with E-state index in [0.29, 0.717) is 12.8 Å². The lowest BCUT2D eigenvalue weighted by Gasteiger charge is -2.35. The average Bonchev–Trinajstić information content (AvgIpc) is 2.47. The van der Waals surface area contributed by atoms with Crippen molar-refractivity contribution in [2.45, 2.75) is 64.5 Å². The number of nitrogens with one attached hydrogen (secondary N) is 1. The Morgan fingerprint density at radius 2 is 1.86 bits per heavy atom. The first-order chi connectivity index (χ1) is 10.0. The van der Waals surface area contributed by atoms with Crippen molar-refractivity contribution in [3.8, 4) is 0 Å². The molecule has 0 saturated heterocycles. The number of aliphatic carboxylic acids is 1. The van der Waals surface area contributed by atoms with E-state index in [1.54, 1.807) is 4.90 Å². The number of urea groups is 1. The highest BCUT2D eigenvalue weighted by Gasteiger charge is 2.33. The van der Waals surface area contributed by atoms with Crippen molar-refractivity contribution in [3.05, 3.63) is 0 Å². The van der Waals surface area contributed by atoms with E-state index in [1.807, 2.05) is 13.8 Å². The Labute approximate surface area is 126 Å². The molecule has 0 aromatic carbocycles. The fourth-order valence-corrected chi connectivity index (χ4v) is 3.13. The van der Waals surface area contributed by atoms with Crippen LogP contribution >= 0.6 is 0 Å². The number of hydrogen-bond acceptors (Lipinski definition) is 3. The van der Waals surface area contributed by atoms with Crippen molar-refractivity contribution < 1.29 is 19.8 Å². The van der Waals surface area contributed by atoms with E-state index in [-0.39, 0.29) is 31.3 Å². The predicted molar refractivity (Wildman–Crippen MR) is 80.1 cm³/mol. The zero-order valence-electron chi connectivity index (χ0n) is 13.0. The quantitative estimate of drug-likeness (QED) is 0.669. The molecule has 122 valence electrons. The van der Waals surface area contributed by atoms with Gasteiger partial charge in [0.25, 0.3) is 0 Å². The highest BCUT2D eigenvalue weighted by Crippen LogP contribution is 2.25. The second-order valence-corrected chi connectivity index (χ2v) is 5.67. The smallest absolute Gasteiger partial charge is 0.317 e. The molecule has 2 unspecified atom stereocenters. The number of hydrogen-bond donors (Lipinski definition) is 3. The second kappa shape index (κ2) is 8.87. The SMILES string of the molecule is CCC(CC)N(CCO)C(=O)NC1CCCCC1C(=O)O. The fourth-order valence-electron chi connectivity index (χ4n) is 3.13. The normalized spacial score (nSPS) is 22.1. The molecule has 0 aliphatic heterocycles. The summed E-state index contributed by atoms with van der Waals surface area (Å²) in [6, 6.07) is -0.487. The Balaban J connectivity index is 2.72. The molecule has 2 amide bonds. The summed E-state index contributed by atoms with van der Waals surface area (Å²) in [5, 5.41) is 21.3. The number of aliphatic hydroxyl groups is 1. The van der Waals surface area contributed by atoms with Crippen LogP contribution in [0, 0.1) is 5.92 Å². The monoisotopic (exact) mass is 300 g/mol. The van der Waals surface area contributed by atoms with Crippen LogP contribution in [0.15, 0.2) is 0 Å². The van der Waals surface area contributed by atoms with Gasteiger partial charge in [-0.15, -0.1) is 0 Å². The molecule has 0 heterocycles. The molecule has 6 heteroatoms. The van der Waals surface area contributed by atoms with E-state index < -0.39 is 11.9 Å². The molecule has 2 atom stereocenters. The lowest BCUT2D eigenvalue weighted by molar-refractivity contribution is -0.143. The van der Waals surface area contributed by atoms with Crippen LogP contribution in [0.1, 0.15) is 52.4 Å². The van der Waals surface area contributed by atoms with Gasteiger partial charge in [0.05, 0.1) is 12.5 Å². The summed E-state index contributed by atoms with van der Waals surface area (Å²) in [6.07, 6.45) is 4.80. The number of nitrogens with zero attached hydrogens (tertiary/aromatic N) is 1. The molecule has 1 rings (SSSR count). The Bertz CT molecular complexity index is 345. The zero-order valence-corrected chi connectivity index (χ0v) is 13.0. The van der Waals surface area contributed by atoms with Crippen LogP contribution in [-0.2, 0) is 4.79 Å². The van der Waals surface area contributed by atoms with E-state index in [2.05, 4.69) is 5.32 Å². The van der Waals surface area contributed by atoms with Gasteiger partial charge in [0, 0.05) is 18.6 Å². The highest BCUT2D eigenvalue weighted by atomic mass is 16.4. The van der Waals surface area contributed by atoms with Gasteiger partial charge in [-0.3, -0.25) is 4.79 Å². The standard InChI is InChI=1S/C15H28N2O4/c1-3-11(4-2)17(9-10-18)15(21)16-13-8-6-5-7-12(13)14(19)20/h11-13,18H,3-10H2,1-2H3,(H,16,21)(H,19,20). The lowest BCUT2D eigenvalue weighted by atomic mass is 9.84. The van der Waals surface area contributed by atoms with Gasteiger partial charge in [0.15, 0.2) is 0 Å². The van der Waals surface area contributed by atoms with E-state index in [4.69, 9.17) is 5.11 Å². The molecular formula is C15H28N2O4. The van der Waals surface area contributed by atoms with Gasteiger partial charge in [0.1, 0.15) is 0 Å². The molecule has 1 aliphatic rings. The molecule has 1 saturated carbocycles. The number of amides is 2. The van der Waals surface area contributed by atoms with Gasteiger partial charge in [-0.2, -0.15) is 0 Å². The summed E-state index contributed by atoms with van der Waals surface area (Å²) in [4.78, 5) is 25.4. The minimum Gasteiger partial charge on any atom is -0.481 e. The molecule has 1 aliphatic carbocycles. The van der Waals surface area contributed by atoms with E-state index in [9.17, 15) is 14.7 Å². The van der Waals surface area contributed by atoms with Crippen molar-refractivity contribution in [2.24, 2.45) is 5.92 Å². The van der Waals surface area contributed by atoms with Crippen molar-refractivity contribution in [2.75, 3.05) is 13.2 Å². The molecular weight excluding hydrogens is 272 g/mol. The maximum Gasteiger partial charge on any atom is 0.317 e. The minimum absolute atomic E-state index is 0.0732. The molecule has 1 fully saturated rings. The number of carboxylic acid groups (broad SMARTS) is 1. The van der Waals surface area contributed by atoms with Gasteiger partial charge in [0.2, 0.25) is 0 Å². The van der Waals surface area contributed by atoms with Gasteiger partial charge >= 0.3 is 12.0 Å². The number of carbonyl (C=O) groups excluding carboxylic acids is 1. The van der Waals surface area contributed by atoms with Crippen molar-refractivity contribution in [1.82, 2.24) is 10.2 Å². The number of rotatable bonds is 7. The van der Waals surface area contributed by atoms with Gasteiger partial charge in [-0.25, -0.2) is 4.79 Å².